The summed E-state index contributed by atoms with van der Waals surface area (Å²) in [4.78, 5) is 2.55. The summed E-state index contributed by atoms with van der Waals surface area (Å²) in [6.45, 7) is 8.22. The largest absolute Gasteiger partial charge is 0.380 e. The van der Waals surface area contributed by atoms with Crippen molar-refractivity contribution < 1.29 is 4.74 Å². The van der Waals surface area contributed by atoms with Crippen LogP contribution in [0.4, 0.5) is 0 Å². The van der Waals surface area contributed by atoms with E-state index >= 15 is 0 Å². The molecule has 1 aromatic rings. The predicted molar refractivity (Wildman–Crippen MR) is 91.7 cm³/mol. The van der Waals surface area contributed by atoms with E-state index in [0.717, 1.165) is 13.1 Å². The molecule has 2 N–H and O–H groups in total. The molecule has 0 aliphatic carbocycles. The molecule has 2 rings (SSSR count). The van der Waals surface area contributed by atoms with E-state index in [1.54, 1.807) is 7.11 Å². The van der Waals surface area contributed by atoms with Gasteiger partial charge in [-0.2, -0.15) is 11.8 Å². The van der Waals surface area contributed by atoms with Gasteiger partial charge in [0.1, 0.15) is 0 Å². The summed E-state index contributed by atoms with van der Waals surface area (Å²) in [5.41, 5.74) is 8.71. The zero-order valence-corrected chi connectivity index (χ0v) is 14.3. The summed E-state index contributed by atoms with van der Waals surface area (Å²) in [7, 11) is 1.75. The van der Waals surface area contributed by atoms with E-state index in [9.17, 15) is 0 Å². The summed E-state index contributed by atoms with van der Waals surface area (Å²) in [5.74, 6) is 1.18. The molecular formula is C17H28N2OS. The van der Waals surface area contributed by atoms with Crippen LogP contribution in [0.3, 0.4) is 0 Å². The molecule has 0 bridgehead atoms. The lowest BCUT2D eigenvalue weighted by Crippen LogP contribution is -2.36. The highest BCUT2D eigenvalue weighted by Gasteiger charge is 2.28. The molecule has 1 aliphatic heterocycles. The normalized spacial score (nSPS) is 21.0. The Balaban J connectivity index is 2.19. The molecule has 4 heteroatoms. The Labute approximate surface area is 133 Å². The second-order valence-electron chi connectivity index (χ2n) is 6.28. The van der Waals surface area contributed by atoms with Gasteiger partial charge >= 0.3 is 0 Å². The average molecular weight is 308 g/mol. The van der Waals surface area contributed by atoms with Gasteiger partial charge in [0.05, 0.1) is 6.61 Å². The van der Waals surface area contributed by atoms with Crippen LogP contribution >= 0.6 is 11.8 Å². The molecule has 1 aliphatic rings. The molecule has 1 saturated heterocycles. The van der Waals surface area contributed by atoms with Crippen molar-refractivity contribution in [1.29, 1.82) is 0 Å². The smallest absolute Gasteiger partial charge is 0.0716 e. The Morgan fingerprint density at radius 2 is 2.10 bits per heavy atom. The second kappa shape index (κ2) is 7.63. The number of methoxy groups -OCH3 is 1. The maximum atomic E-state index is 6.13. The fourth-order valence-corrected chi connectivity index (χ4v) is 4.08. The summed E-state index contributed by atoms with van der Waals surface area (Å²) < 4.78 is 5.72. The van der Waals surface area contributed by atoms with Crippen LogP contribution in [0.5, 0.6) is 0 Å². The Morgan fingerprint density at radius 3 is 2.81 bits per heavy atom. The van der Waals surface area contributed by atoms with Gasteiger partial charge in [0, 0.05) is 43.3 Å². The molecule has 21 heavy (non-hydrogen) atoms. The highest BCUT2D eigenvalue weighted by molar-refractivity contribution is 8.00. The Kier molecular flexibility index (Phi) is 6.11. The van der Waals surface area contributed by atoms with E-state index in [4.69, 9.17) is 10.5 Å². The predicted octanol–water partition coefficient (Wildman–Crippen LogP) is 3.05. The van der Waals surface area contributed by atoms with Crippen LogP contribution in [0.1, 0.15) is 37.4 Å². The molecule has 1 unspecified atom stereocenters. The van der Waals surface area contributed by atoms with Crippen molar-refractivity contribution in [3.8, 4) is 0 Å². The van der Waals surface area contributed by atoms with Crippen LogP contribution in [-0.4, -0.2) is 42.1 Å². The number of benzene rings is 1. The lowest BCUT2D eigenvalue weighted by Gasteiger charge is -2.31. The number of nitrogens with two attached hydrogens (primary N) is 1. The minimum atomic E-state index is 0.297. The van der Waals surface area contributed by atoms with Gasteiger partial charge in [0.25, 0.3) is 0 Å². The van der Waals surface area contributed by atoms with Crippen LogP contribution < -0.4 is 5.73 Å². The van der Waals surface area contributed by atoms with Crippen molar-refractivity contribution >= 4 is 11.8 Å². The maximum Gasteiger partial charge on any atom is 0.0716 e. The van der Waals surface area contributed by atoms with Gasteiger partial charge < -0.3 is 10.5 Å². The van der Waals surface area contributed by atoms with Crippen LogP contribution in [0, 0.1) is 0 Å². The van der Waals surface area contributed by atoms with Gasteiger partial charge in [0.2, 0.25) is 0 Å². The molecule has 1 aromatic carbocycles. The quantitative estimate of drug-likeness (QED) is 0.907. The monoisotopic (exact) mass is 308 g/mol. The third-order valence-corrected chi connectivity index (χ3v) is 5.62. The van der Waals surface area contributed by atoms with Crippen molar-refractivity contribution in [3.05, 3.63) is 35.4 Å². The topological polar surface area (TPSA) is 38.5 Å². The van der Waals surface area contributed by atoms with Crippen LogP contribution in [-0.2, 0) is 11.3 Å². The first kappa shape index (κ1) is 16.8. The number of thioether (sulfide) groups is 1. The van der Waals surface area contributed by atoms with E-state index in [1.165, 1.54) is 23.3 Å². The summed E-state index contributed by atoms with van der Waals surface area (Å²) in [6.07, 6.45) is 1.21. The molecule has 0 amide bonds. The molecule has 118 valence electrons. The van der Waals surface area contributed by atoms with E-state index in [0.29, 0.717) is 23.9 Å². The molecule has 3 nitrogen and oxygen atoms in total. The van der Waals surface area contributed by atoms with Gasteiger partial charge in [-0.05, 0) is 17.5 Å². The zero-order chi connectivity index (χ0) is 15.3. The number of hydrogen-bond donors (Lipinski definition) is 1. The average Bonchev–Trinajstić information content (AvgIpc) is 2.63. The fraction of sp³-hybridized carbons (Fsp3) is 0.647. The number of rotatable bonds is 5. The first-order valence-corrected chi connectivity index (χ1v) is 8.71. The molecule has 1 fully saturated rings. The molecule has 0 saturated carbocycles. The number of hydrogen-bond acceptors (Lipinski definition) is 4. The van der Waals surface area contributed by atoms with Crippen LogP contribution in [0.25, 0.3) is 0 Å². The van der Waals surface area contributed by atoms with Crippen molar-refractivity contribution in [3.63, 3.8) is 0 Å². The minimum absolute atomic E-state index is 0.297. The molecule has 1 atom stereocenters. The van der Waals surface area contributed by atoms with Crippen LogP contribution in [0.15, 0.2) is 24.3 Å². The highest BCUT2D eigenvalue weighted by atomic mass is 32.2. The van der Waals surface area contributed by atoms with Crippen molar-refractivity contribution in [2.45, 2.75) is 37.7 Å². The maximum absolute atomic E-state index is 6.13. The molecular weight excluding hydrogens is 280 g/mol. The first-order chi connectivity index (χ1) is 10.1. The third kappa shape index (κ3) is 4.46. The molecule has 1 heterocycles. The highest BCUT2D eigenvalue weighted by Crippen LogP contribution is 2.34. The van der Waals surface area contributed by atoms with Gasteiger partial charge in [-0.3, -0.25) is 4.90 Å². The standard InChI is InChI=1S/C17H28N2OS/c1-17(2)8-9-19(10-11-21-17)16(12-18)15-7-5-4-6-14(15)13-20-3/h4-7,16H,8-13,18H2,1-3H3. The SMILES string of the molecule is COCc1ccccc1C(CN)N1CCSC(C)(C)CC1. The summed E-state index contributed by atoms with van der Waals surface area (Å²) in [6, 6.07) is 8.83. The number of nitrogens with zero attached hydrogens (tertiary/aromatic N) is 1. The third-order valence-electron chi connectivity index (χ3n) is 4.25. The van der Waals surface area contributed by atoms with Crippen LogP contribution in [0.2, 0.25) is 0 Å². The van der Waals surface area contributed by atoms with E-state index in [2.05, 4.69) is 54.8 Å². The van der Waals surface area contributed by atoms with Crippen molar-refractivity contribution in [2.75, 3.05) is 32.5 Å². The minimum Gasteiger partial charge on any atom is -0.380 e. The van der Waals surface area contributed by atoms with Gasteiger partial charge in [0.15, 0.2) is 0 Å². The summed E-state index contributed by atoms with van der Waals surface area (Å²) in [5, 5.41) is 0. The van der Waals surface area contributed by atoms with Gasteiger partial charge in [-0.15, -0.1) is 0 Å². The molecule has 0 spiro atoms. The lowest BCUT2D eigenvalue weighted by molar-refractivity contribution is 0.176. The molecule has 0 aromatic heterocycles. The Morgan fingerprint density at radius 1 is 1.33 bits per heavy atom. The van der Waals surface area contributed by atoms with Gasteiger partial charge in [-0.1, -0.05) is 38.1 Å². The zero-order valence-electron chi connectivity index (χ0n) is 13.5. The lowest BCUT2D eigenvalue weighted by atomic mass is 9.98. The van der Waals surface area contributed by atoms with E-state index in [-0.39, 0.29) is 0 Å². The summed E-state index contributed by atoms with van der Waals surface area (Å²) >= 11 is 2.08. The Hall–Kier alpha value is -0.550. The van der Waals surface area contributed by atoms with E-state index in [1.807, 2.05) is 0 Å². The van der Waals surface area contributed by atoms with Crippen molar-refractivity contribution in [2.24, 2.45) is 5.73 Å². The molecule has 0 radical (unpaired) electrons. The fourth-order valence-electron chi connectivity index (χ4n) is 2.97. The van der Waals surface area contributed by atoms with Crippen molar-refractivity contribution in [1.82, 2.24) is 4.90 Å². The number of ether oxygens (including phenoxy) is 1. The Bertz CT molecular complexity index is 450. The van der Waals surface area contributed by atoms with E-state index < -0.39 is 0 Å². The van der Waals surface area contributed by atoms with Gasteiger partial charge in [-0.25, -0.2) is 0 Å². The first-order valence-electron chi connectivity index (χ1n) is 7.72. The second-order valence-corrected chi connectivity index (χ2v) is 8.08.